The quantitative estimate of drug-likeness (QED) is 0.138. The fraction of sp³-hybridized carbons (Fsp3) is 0.625. The highest BCUT2D eigenvalue weighted by atomic mass is 35.5. The van der Waals surface area contributed by atoms with Crippen molar-refractivity contribution in [3.8, 4) is 11.8 Å². The summed E-state index contributed by atoms with van der Waals surface area (Å²) in [6, 6.07) is 0. The van der Waals surface area contributed by atoms with Gasteiger partial charge >= 0.3 is 53.8 Å². The van der Waals surface area contributed by atoms with Crippen molar-refractivity contribution in [1.29, 1.82) is 0 Å². The van der Waals surface area contributed by atoms with Crippen molar-refractivity contribution < 1.29 is 99.6 Å². The lowest BCUT2D eigenvalue weighted by Gasteiger charge is -2.44. The molecular weight excluding hydrogens is 787 g/mol. The van der Waals surface area contributed by atoms with Crippen LogP contribution < -0.4 is 9.47 Å². The largest absolute Gasteiger partial charge is 0.463 e. The molecule has 22 nitrogen and oxygen atoms in total. The first-order valence-electron chi connectivity index (χ1n) is 16.3. The summed E-state index contributed by atoms with van der Waals surface area (Å²) in [5.74, 6) is -9.09. The van der Waals surface area contributed by atoms with Crippen molar-refractivity contribution in [2.24, 2.45) is 0 Å². The third kappa shape index (κ3) is 12.8. The molecule has 0 radical (unpaired) electrons. The molecule has 0 spiro atoms. The highest BCUT2D eigenvalue weighted by Crippen LogP contribution is 2.38. The van der Waals surface area contributed by atoms with Crippen LogP contribution in [-0.4, -0.2) is 132 Å². The Hall–Kier alpha value is -5.42. The predicted molar refractivity (Wildman–Crippen MR) is 172 cm³/mol. The average molecular weight is 825 g/mol. The number of rotatable bonds is 14. The van der Waals surface area contributed by atoms with E-state index in [9.17, 15) is 38.4 Å². The van der Waals surface area contributed by atoms with E-state index in [1.54, 1.807) is 0 Å². The van der Waals surface area contributed by atoms with E-state index in [4.69, 9.17) is 68.4 Å². The van der Waals surface area contributed by atoms with Crippen LogP contribution in [0, 0.1) is 6.08 Å². The molecule has 2 saturated heterocycles. The highest BCUT2D eigenvalue weighted by molar-refractivity contribution is 6.33. The molecule has 0 amide bonds. The van der Waals surface area contributed by atoms with Crippen LogP contribution in [0.3, 0.4) is 0 Å². The molecule has 0 unspecified atom stereocenters. The van der Waals surface area contributed by atoms with Crippen LogP contribution >= 0.6 is 11.6 Å². The van der Waals surface area contributed by atoms with Gasteiger partial charge < -0.3 is 56.8 Å². The van der Waals surface area contributed by atoms with E-state index in [-0.39, 0.29) is 0 Å². The predicted octanol–water partition coefficient (Wildman–Crippen LogP) is 0.193. The lowest BCUT2D eigenvalue weighted by atomic mass is 9.98. The van der Waals surface area contributed by atoms with E-state index in [1.807, 2.05) is 0 Å². The van der Waals surface area contributed by atoms with Crippen LogP contribution in [0.1, 0.15) is 55.4 Å². The summed E-state index contributed by atoms with van der Waals surface area (Å²) < 4.78 is 80.3. The van der Waals surface area contributed by atoms with Gasteiger partial charge in [0, 0.05) is 55.4 Å². The maximum absolute atomic E-state index is 15.1. The van der Waals surface area contributed by atoms with Crippen molar-refractivity contribution in [2.45, 2.75) is 117 Å². The molecule has 3 heterocycles. The van der Waals surface area contributed by atoms with Gasteiger partial charge in [-0.3, -0.25) is 38.4 Å². The number of halogens is 2. The molecule has 3 rings (SSSR count). The molecule has 310 valence electrons. The molecule has 2 aliphatic rings. The number of aromatic nitrogens is 2. The van der Waals surface area contributed by atoms with E-state index in [1.165, 1.54) is 0 Å². The Kier molecular flexibility index (Phi) is 16.0. The monoisotopic (exact) mass is 824 g/mol. The van der Waals surface area contributed by atoms with Gasteiger partial charge in [0.2, 0.25) is 36.5 Å². The van der Waals surface area contributed by atoms with E-state index in [0.29, 0.717) is 0 Å². The Morgan fingerprint density at radius 1 is 0.500 bits per heavy atom. The molecule has 2 aliphatic heterocycles. The summed E-state index contributed by atoms with van der Waals surface area (Å²) in [5.41, 5.74) is 0. The lowest BCUT2D eigenvalue weighted by molar-refractivity contribution is -0.290. The number of esters is 8. The second-order valence-electron chi connectivity index (χ2n) is 11.8. The minimum Gasteiger partial charge on any atom is -0.463 e. The molecular formula is C32H38ClFN2O20. The summed E-state index contributed by atoms with van der Waals surface area (Å²) in [4.78, 5) is 103. The molecule has 2 fully saturated rings. The molecule has 1 aromatic heterocycles. The van der Waals surface area contributed by atoms with Gasteiger partial charge in [0.1, 0.15) is 25.4 Å². The van der Waals surface area contributed by atoms with E-state index >= 15 is 4.39 Å². The summed E-state index contributed by atoms with van der Waals surface area (Å²) in [6.07, 6.45) is -18.6. The zero-order valence-electron chi connectivity index (χ0n) is 31.0. The fourth-order valence-electron chi connectivity index (χ4n) is 5.33. The summed E-state index contributed by atoms with van der Waals surface area (Å²) in [7, 11) is 0. The molecule has 0 bridgehead atoms. The van der Waals surface area contributed by atoms with Crippen molar-refractivity contribution in [3.05, 3.63) is 11.1 Å². The Bertz CT molecular complexity index is 1560. The summed E-state index contributed by atoms with van der Waals surface area (Å²) in [6.45, 7) is 6.74. The van der Waals surface area contributed by atoms with Gasteiger partial charge in [0.15, 0.2) is 29.4 Å². The van der Waals surface area contributed by atoms with Crippen LogP contribution in [0.25, 0.3) is 0 Å². The summed E-state index contributed by atoms with van der Waals surface area (Å²) in [5, 5.41) is -0.757. The Balaban J connectivity index is 2.12. The van der Waals surface area contributed by atoms with Crippen LogP contribution in [0.2, 0.25) is 5.02 Å². The highest BCUT2D eigenvalue weighted by Gasteiger charge is 2.55. The zero-order chi connectivity index (χ0) is 42.0. The Labute approximate surface area is 321 Å². The normalized spacial score (nSPS) is 27.0. The van der Waals surface area contributed by atoms with E-state index < -0.39 is 145 Å². The van der Waals surface area contributed by atoms with Crippen molar-refractivity contribution in [1.82, 2.24) is 9.97 Å². The molecule has 56 heavy (non-hydrogen) atoms. The Morgan fingerprint density at radius 3 is 1.07 bits per heavy atom. The first kappa shape index (κ1) is 45.0. The average Bonchev–Trinajstić information content (AvgIpc) is 3.05. The van der Waals surface area contributed by atoms with Crippen molar-refractivity contribution in [2.75, 3.05) is 13.2 Å². The number of hydrogen-bond donors (Lipinski definition) is 0. The van der Waals surface area contributed by atoms with Crippen LogP contribution in [0.15, 0.2) is 0 Å². The molecule has 0 saturated carbocycles. The minimum absolute atomic E-state index is 0.638. The number of ether oxygens (including phenoxy) is 12. The van der Waals surface area contributed by atoms with Gasteiger partial charge in [-0.25, -0.2) is 0 Å². The number of carbonyl (C=O) groups excluding carboxylic acids is 8. The second-order valence-corrected chi connectivity index (χ2v) is 12.2. The summed E-state index contributed by atoms with van der Waals surface area (Å²) >= 11 is 6.52. The first-order valence-corrected chi connectivity index (χ1v) is 16.7. The van der Waals surface area contributed by atoms with E-state index in [2.05, 4.69) is 9.97 Å². The number of nitrogens with zero attached hydrogens (tertiary/aromatic N) is 2. The van der Waals surface area contributed by atoms with Gasteiger partial charge in [-0.2, -0.15) is 14.4 Å². The van der Waals surface area contributed by atoms with Gasteiger partial charge in [-0.1, -0.05) is 11.6 Å². The molecule has 0 aliphatic carbocycles. The first-order chi connectivity index (χ1) is 26.2. The Morgan fingerprint density at radius 2 is 0.786 bits per heavy atom. The van der Waals surface area contributed by atoms with Crippen molar-refractivity contribution in [3.63, 3.8) is 0 Å². The number of hydrogen-bond acceptors (Lipinski definition) is 22. The van der Waals surface area contributed by atoms with Gasteiger partial charge in [-0.15, -0.1) is 0 Å². The fourth-order valence-corrected chi connectivity index (χ4v) is 5.50. The zero-order valence-corrected chi connectivity index (χ0v) is 31.8. The maximum atomic E-state index is 15.1. The van der Waals surface area contributed by atoms with Gasteiger partial charge in [0.25, 0.3) is 0 Å². The van der Waals surface area contributed by atoms with Crippen LogP contribution in [0.4, 0.5) is 4.39 Å². The second kappa shape index (κ2) is 20.0. The third-order valence-electron chi connectivity index (χ3n) is 7.12. The SMILES string of the molecule is CC(=O)OC[C@H]1O[C@@H](Oc2nc(F)nc(O[C@@H]3O[C@H](COC(C)=O)[C@@H](OC(C)=O)[C@H](OC(C)=O)[C@H]3OC(C)=O)c2Cl)[C@H](OC(C)=O)[C@@H](OC(C)=O)[C@@H]1OC(C)=O. The van der Waals surface area contributed by atoms with Crippen LogP contribution in [0.5, 0.6) is 11.8 Å². The third-order valence-corrected chi connectivity index (χ3v) is 7.44. The van der Waals surface area contributed by atoms with Gasteiger partial charge in [0.05, 0.1) is 0 Å². The van der Waals surface area contributed by atoms with Gasteiger partial charge in [-0.05, 0) is 0 Å². The molecule has 10 atom stereocenters. The maximum Gasteiger partial charge on any atom is 0.315 e. The smallest absolute Gasteiger partial charge is 0.315 e. The van der Waals surface area contributed by atoms with E-state index in [0.717, 1.165) is 55.4 Å². The minimum atomic E-state index is -1.94. The molecule has 24 heteroatoms. The van der Waals surface area contributed by atoms with Crippen LogP contribution in [-0.2, 0) is 85.7 Å². The number of carbonyl (C=O) groups is 8. The standard InChI is InChI=1S/C32H38ClFN2O20/c1-11(37)45-9-19-22(47-13(3)39)24(49-15(5)41)26(51-17(7)43)30(53-19)55-28-21(33)29(36-32(34)35-28)56-31-27(52-18(8)44)25(50-16(6)42)23(48-14(4)40)20(54-31)10-46-12(2)38/h19-20,22-27,30-31H,9-10H2,1-8H3/t19-,20-,22-,23-,24+,25+,26-,27-,30+,31+/m1/s1. The van der Waals surface area contributed by atoms with Crippen molar-refractivity contribution >= 4 is 59.4 Å². The molecule has 0 aromatic carbocycles. The lowest BCUT2D eigenvalue weighted by Crippen LogP contribution is -2.63. The topological polar surface area (TPSA) is 273 Å². The molecule has 1 aromatic rings. The molecule has 0 N–H and O–H groups in total.